The molecule has 0 fully saturated rings. The molecule has 0 bridgehead atoms. The molecule has 0 aliphatic carbocycles. The molecule has 3 heterocycles. The van der Waals surface area contributed by atoms with E-state index in [9.17, 15) is 4.79 Å². The second-order valence-electron chi connectivity index (χ2n) is 6.05. The second kappa shape index (κ2) is 6.88. The largest absolute Gasteiger partial charge is 0.481 e. The van der Waals surface area contributed by atoms with Crippen LogP contribution in [0.2, 0.25) is 0 Å². The van der Waals surface area contributed by atoms with Gasteiger partial charge in [-0.2, -0.15) is 5.10 Å². The van der Waals surface area contributed by atoms with Gasteiger partial charge in [0.15, 0.2) is 10.8 Å². The minimum absolute atomic E-state index is 0.158. The van der Waals surface area contributed by atoms with E-state index in [-0.39, 0.29) is 5.91 Å². The van der Waals surface area contributed by atoms with Crippen LogP contribution >= 0.6 is 11.3 Å². The lowest BCUT2D eigenvalue weighted by atomic mass is 10.1. The van der Waals surface area contributed by atoms with Crippen molar-refractivity contribution in [3.63, 3.8) is 0 Å². The Morgan fingerprint density at radius 2 is 2.22 bits per heavy atom. The van der Waals surface area contributed by atoms with Gasteiger partial charge in [0.25, 0.3) is 5.91 Å². The molecule has 0 radical (unpaired) electrons. The first-order valence-corrected chi connectivity index (χ1v) is 9.17. The summed E-state index contributed by atoms with van der Waals surface area (Å²) in [5.41, 5.74) is 2.16. The summed E-state index contributed by atoms with van der Waals surface area (Å²) in [4.78, 5) is 18.1. The summed E-state index contributed by atoms with van der Waals surface area (Å²) in [6.45, 7) is 2.34. The standard InChI is InChI=1S/C19H18N4O3S/c1-11-16(27-18(21-11)15-5-4-8-26-15)10-20-17(24)12-6-7-13-14(9-12)22-23(2)19(13)25-3/h4-9H,10H2,1-3H3,(H,20,24). The van der Waals surface area contributed by atoms with Gasteiger partial charge in [-0.1, -0.05) is 0 Å². The third-order valence-corrected chi connectivity index (χ3v) is 5.44. The maximum Gasteiger partial charge on any atom is 0.251 e. The number of amides is 1. The van der Waals surface area contributed by atoms with Crippen LogP contribution in [0, 0.1) is 6.92 Å². The molecule has 0 spiro atoms. The lowest BCUT2D eigenvalue weighted by Gasteiger charge is -2.04. The Bertz CT molecular complexity index is 1110. The van der Waals surface area contributed by atoms with Crippen LogP contribution in [0.25, 0.3) is 21.7 Å². The smallest absolute Gasteiger partial charge is 0.251 e. The number of rotatable bonds is 5. The van der Waals surface area contributed by atoms with Gasteiger partial charge in [0.2, 0.25) is 5.88 Å². The Balaban J connectivity index is 1.50. The van der Waals surface area contributed by atoms with Crippen LogP contribution in [0.3, 0.4) is 0 Å². The maximum absolute atomic E-state index is 12.6. The monoisotopic (exact) mass is 382 g/mol. The molecular formula is C19H18N4O3S. The molecule has 138 valence electrons. The summed E-state index contributed by atoms with van der Waals surface area (Å²) >= 11 is 1.51. The maximum atomic E-state index is 12.6. The number of ether oxygens (including phenoxy) is 1. The van der Waals surface area contributed by atoms with Crippen LogP contribution in [0.1, 0.15) is 20.9 Å². The number of aryl methyl sites for hydroxylation is 2. The van der Waals surface area contributed by atoms with Crippen LogP contribution in [-0.4, -0.2) is 27.8 Å². The third-order valence-electron chi connectivity index (χ3n) is 4.27. The normalized spacial score (nSPS) is 11.1. The Hall–Kier alpha value is -3.13. The minimum Gasteiger partial charge on any atom is -0.481 e. The summed E-state index contributed by atoms with van der Waals surface area (Å²) < 4.78 is 12.4. The zero-order valence-electron chi connectivity index (χ0n) is 15.1. The van der Waals surface area contributed by atoms with Gasteiger partial charge >= 0.3 is 0 Å². The predicted molar refractivity (Wildman–Crippen MR) is 103 cm³/mol. The quantitative estimate of drug-likeness (QED) is 0.571. The molecule has 8 heteroatoms. The van der Waals surface area contributed by atoms with Gasteiger partial charge in [-0.05, 0) is 37.3 Å². The Labute approximate surface area is 159 Å². The molecule has 1 aromatic carbocycles. The van der Waals surface area contributed by atoms with Crippen molar-refractivity contribution >= 4 is 28.1 Å². The van der Waals surface area contributed by atoms with Crippen molar-refractivity contribution in [2.45, 2.75) is 13.5 Å². The highest BCUT2D eigenvalue weighted by Gasteiger charge is 2.15. The zero-order chi connectivity index (χ0) is 19.0. The van der Waals surface area contributed by atoms with E-state index in [0.29, 0.717) is 18.0 Å². The number of carbonyl (C=O) groups is 1. The van der Waals surface area contributed by atoms with Gasteiger partial charge in [0.05, 0.1) is 36.5 Å². The van der Waals surface area contributed by atoms with Crippen molar-refractivity contribution in [1.29, 1.82) is 0 Å². The summed E-state index contributed by atoms with van der Waals surface area (Å²) in [5.74, 6) is 1.24. The fraction of sp³-hybridized carbons (Fsp3) is 0.211. The molecule has 27 heavy (non-hydrogen) atoms. The van der Waals surface area contributed by atoms with Crippen molar-refractivity contribution in [3.05, 3.63) is 52.7 Å². The van der Waals surface area contributed by atoms with Crippen LogP contribution < -0.4 is 10.1 Å². The van der Waals surface area contributed by atoms with Gasteiger partial charge in [-0.3, -0.25) is 4.79 Å². The molecular weight excluding hydrogens is 364 g/mol. The zero-order valence-corrected chi connectivity index (χ0v) is 16.0. The van der Waals surface area contributed by atoms with E-state index in [2.05, 4.69) is 15.4 Å². The number of furan rings is 1. The van der Waals surface area contributed by atoms with Crippen LogP contribution in [0.15, 0.2) is 41.0 Å². The molecule has 1 amide bonds. The van der Waals surface area contributed by atoms with Crippen molar-refractivity contribution in [3.8, 4) is 16.6 Å². The first kappa shape index (κ1) is 17.3. The van der Waals surface area contributed by atoms with E-state index in [4.69, 9.17) is 9.15 Å². The van der Waals surface area contributed by atoms with Gasteiger partial charge in [0, 0.05) is 17.5 Å². The number of fused-ring (bicyclic) bond motifs is 1. The van der Waals surface area contributed by atoms with Crippen molar-refractivity contribution in [2.75, 3.05) is 7.11 Å². The van der Waals surface area contributed by atoms with E-state index in [0.717, 1.165) is 32.2 Å². The molecule has 3 aromatic heterocycles. The number of thiazole rings is 1. The summed E-state index contributed by atoms with van der Waals surface area (Å²) in [7, 11) is 3.41. The van der Waals surface area contributed by atoms with E-state index < -0.39 is 0 Å². The Kier molecular flexibility index (Phi) is 4.41. The topological polar surface area (TPSA) is 82.2 Å². The highest BCUT2D eigenvalue weighted by Crippen LogP contribution is 2.28. The molecule has 4 aromatic rings. The molecule has 0 saturated carbocycles. The van der Waals surface area contributed by atoms with E-state index in [1.165, 1.54) is 11.3 Å². The number of hydrogen-bond acceptors (Lipinski definition) is 6. The Morgan fingerprint density at radius 3 is 2.96 bits per heavy atom. The summed E-state index contributed by atoms with van der Waals surface area (Å²) in [6.07, 6.45) is 1.62. The van der Waals surface area contributed by atoms with Crippen LogP contribution in [-0.2, 0) is 13.6 Å². The number of nitrogens with zero attached hydrogens (tertiary/aromatic N) is 3. The highest BCUT2D eigenvalue weighted by atomic mass is 32.1. The van der Waals surface area contributed by atoms with E-state index >= 15 is 0 Å². The van der Waals surface area contributed by atoms with E-state index in [1.54, 1.807) is 30.2 Å². The Morgan fingerprint density at radius 1 is 1.37 bits per heavy atom. The van der Waals surface area contributed by atoms with Gasteiger partial charge < -0.3 is 14.5 Å². The summed E-state index contributed by atoms with van der Waals surface area (Å²) in [5, 5.41) is 9.02. The molecule has 7 nitrogen and oxygen atoms in total. The highest BCUT2D eigenvalue weighted by molar-refractivity contribution is 7.15. The van der Waals surface area contributed by atoms with Crippen molar-refractivity contribution < 1.29 is 13.9 Å². The molecule has 0 unspecified atom stereocenters. The van der Waals surface area contributed by atoms with Crippen molar-refractivity contribution in [2.24, 2.45) is 7.05 Å². The molecule has 1 N–H and O–H groups in total. The minimum atomic E-state index is -0.158. The molecule has 0 saturated heterocycles. The SMILES string of the molecule is COc1c2ccc(C(=O)NCc3sc(-c4ccco4)nc3C)cc2nn1C. The number of aromatic nitrogens is 3. The average molecular weight is 382 g/mol. The number of benzene rings is 1. The third kappa shape index (κ3) is 3.19. The average Bonchev–Trinajstić information content (AvgIpc) is 3.37. The van der Waals surface area contributed by atoms with Crippen molar-refractivity contribution in [1.82, 2.24) is 20.1 Å². The number of methoxy groups -OCH3 is 1. The van der Waals surface area contributed by atoms with Crippen LogP contribution in [0.4, 0.5) is 0 Å². The number of hydrogen-bond donors (Lipinski definition) is 1. The second-order valence-corrected chi connectivity index (χ2v) is 7.14. The fourth-order valence-corrected chi connectivity index (χ4v) is 3.89. The first-order chi connectivity index (χ1) is 13.1. The van der Waals surface area contributed by atoms with Gasteiger partial charge in [-0.15, -0.1) is 11.3 Å². The molecule has 0 aliphatic rings. The fourth-order valence-electron chi connectivity index (χ4n) is 2.92. The number of nitrogens with one attached hydrogen (secondary N) is 1. The van der Waals surface area contributed by atoms with Crippen LogP contribution in [0.5, 0.6) is 5.88 Å². The predicted octanol–water partition coefficient (Wildman–Crippen LogP) is 3.54. The summed E-state index contributed by atoms with van der Waals surface area (Å²) in [6, 6.07) is 9.09. The van der Waals surface area contributed by atoms with Gasteiger partial charge in [-0.25, -0.2) is 9.67 Å². The van der Waals surface area contributed by atoms with Gasteiger partial charge in [0.1, 0.15) is 0 Å². The lowest BCUT2D eigenvalue weighted by molar-refractivity contribution is 0.0951. The lowest BCUT2D eigenvalue weighted by Crippen LogP contribution is -2.22. The molecule has 0 aliphatic heterocycles. The molecule has 4 rings (SSSR count). The first-order valence-electron chi connectivity index (χ1n) is 8.36. The van der Waals surface area contributed by atoms with E-state index in [1.807, 2.05) is 32.2 Å². The number of carbonyl (C=O) groups excluding carboxylic acids is 1. The molecule has 0 atom stereocenters.